The number of alkyl halides is 6. The summed E-state index contributed by atoms with van der Waals surface area (Å²) in [6.45, 7) is 0. The van der Waals surface area contributed by atoms with Gasteiger partial charge in [0.15, 0.2) is 0 Å². The molecule has 0 aliphatic rings. The van der Waals surface area contributed by atoms with Crippen LogP contribution in [0.4, 0.5) is 26.3 Å². The zero-order chi connectivity index (χ0) is 16.7. The van der Waals surface area contributed by atoms with E-state index in [1.54, 1.807) is 0 Å². The van der Waals surface area contributed by atoms with E-state index in [0.29, 0.717) is 12.3 Å². The van der Waals surface area contributed by atoms with Gasteiger partial charge in [-0.15, -0.1) is 0 Å². The van der Waals surface area contributed by atoms with E-state index in [1.165, 1.54) is 0 Å². The number of hydrogen-bond acceptors (Lipinski definition) is 5. The molecule has 1 heterocycles. The Hall–Kier alpha value is -1.37. The van der Waals surface area contributed by atoms with Crippen LogP contribution in [0.25, 0.3) is 0 Å². The van der Waals surface area contributed by atoms with E-state index in [-0.39, 0.29) is 0 Å². The third kappa shape index (κ3) is 3.12. The predicted molar refractivity (Wildman–Crippen MR) is 56.9 cm³/mol. The molecule has 21 heavy (non-hydrogen) atoms. The van der Waals surface area contributed by atoms with E-state index in [2.05, 4.69) is 4.98 Å². The fraction of sp³-hybridized carbons (Fsp3) is 0.375. The van der Waals surface area contributed by atoms with Gasteiger partial charge in [0.1, 0.15) is 0 Å². The van der Waals surface area contributed by atoms with Crippen molar-refractivity contribution in [2.24, 2.45) is 0 Å². The number of sulfone groups is 2. The van der Waals surface area contributed by atoms with E-state index in [1.807, 2.05) is 0 Å². The van der Waals surface area contributed by atoms with E-state index < -0.39 is 41.0 Å². The Bertz CT molecular complexity index is 663. The molecule has 0 N–H and O–H groups in total. The first-order valence-electron chi connectivity index (χ1n) is 4.74. The van der Waals surface area contributed by atoms with Gasteiger partial charge >= 0.3 is 11.0 Å². The molecule has 0 unspecified atom stereocenters. The first-order chi connectivity index (χ1) is 9.23. The van der Waals surface area contributed by atoms with Crippen LogP contribution in [0.1, 0.15) is 10.3 Å². The highest BCUT2D eigenvalue weighted by molar-refractivity contribution is 8.09. The van der Waals surface area contributed by atoms with Crippen molar-refractivity contribution in [2.75, 3.05) is 0 Å². The molecule has 1 aromatic heterocycles. The third-order valence-electron chi connectivity index (χ3n) is 2.14. The molecule has 0 radical (unpaired) electrons. The quantitative estimate of drug-likeness (QED) is 0.773. The summed E-state index contributed by atoms with van der Waals surface area (Å²) >= 11 is 0. The third-order valence-corrected chi connectivity index (χ3v) is 6.56. The summed E-state index contributed by atoms with van der Waals surface area (Å²) in [6, 6.07) is 2.35. The summed E-state index contributed by atoms with van der Waals surface area (Å²) in [5.41, 5.74) is -13.8. The molecule has 0 amide bonds. The van der Waals surface area contributed by atoms with Crippen LogP contribution in [0.15, 0.2) is 24.4 Å². The minimum atomic E-state index is -6.70. The lowest BCUT2D eigenvalue weighted by Crippen LogP contribution is -2.39. The van der Waals surface area contributed by atoms with Crippen LogP contribution < -0.4 is 0 Å². The van der Waals surface area contributed by atoms with Gasteiger partial charge in [0, 0.05) is 6.20 Å². The number of aromatic nitrogens is 1. The minimum Gasteiger partial charge on any atom is -0.259 e. The van der Waals surface area contributed by atoms with Crippen LogP contribution in [-0.4, -0.2) is 32.8 Å². The summed E-state index contributed by atoms with van der Waals surface area (Å²) in [6.07, 6.45) is 0.667. The van der Waals surface area contributed by atoms with Gasteiger partial charge in [-0.25, -0.2) is 16.8 Å². The summed E-state index contributed by atoms with van der Waals surface area (Å²) in [5.74, 6) is 0. The lowest BCUT2D eigenvalue weighted by atomic mass is 10.4. The van der Waals surface area contributed by atoms with E-state index in [4.69, 9.17) is 0 Å². The largest absolute Gasteiger partial charge is 0.499 e. The summed E-state index contributed by atoms with van der Waals surface area (Å²) in [4.78, 5) is 2.98. The minimum absolute atomic E-state index is 0.442. The zero-order valence-corrected chi connectivity index (χ0v) is 11.2. The first-order valence-corrected chi connectivity index (χ1v) is 7.83. The molecule has 0 saturated heterocycles. The Kier molecular flexibility index (Phi) is 4.31. The van der Waals surface area contributed by atoms with Crippen molar-refractivity contribution < 1.29 is 43.2 Å². The van der Waals surface area contributed by atoms with Crippen LogP contribution in [-0.2, 0) is 19.7 Å². The Morgan fingerprint density at radius 1 is 0.857 bits per heavy atom. The number of rotatable bonds is 3. The maximum Gasteiger partial charge on any atom is 0.499 e. The topological polar surface area (TPSA) is 81.2 Å². The molecule has 0 aliphatic heterocycles. The van der Waals surface area contributed by atoms with Gasteiger partial charge in [0.05, 0.1) is 5.69 Å². The monoisotopic (exact) mass is 357 g/mol. The molecule has 0 atom stereocenters. The standard InChI is InChI=1S/C8H5F6NO4S2/c9-7(10,11)20(16,17)6(5-3-1-2-4-15-5)21(18,19)8(12,13)14/h1-4,6H. The smallest absolute Gasteiger partial charge is 0.259 e. The van der Waals surface area contributed by atoms with Crippen molar-refractivity contribution in [1.82, 2.24) is 4.98 Å². The van der Waals surface area contributed by atoms with E-state index >= 15 is 0 Å². The molecule has 0 saturated carbocycles. The summed E-state index contributed by atoms with van der Waals surface area (Å²) in [5, 5.41) is 0. The SMILES string of the molecule is O=S(=O)(C(c1ccccn1)S(=O)(=O)C(F)(F)F)C(F)(F)F. The lowest BCUT2D eigenvalue weighted by molar-refractivity contribution is -0.0472. The summed E-state index contributed by atoms with van der Waals surface area (Å²) < 4.78 is 116. The van der Waals surface area contributed by atoms with Crippen LogP contribution in [0.3, 0.4) is 0 Å². The Morgan fingerprint density at radius 2 is 1.29 bits per heavy atom. The molecular weight excluding hydrogens is 352 g/mol. The maximum absolute atomic E-state index is 12.4. The number of halogens is 6. The molecule has 0 aromatic carbocycles. The molecular formula is C8H5F6NO4S2. The second-order valence-electron chi connectivity index (χ2n) is 3.57. The Balaban J connectivity index is 3.72. The zero-order valence-electron chi connectivity index (χ0n) is 9.55. The molecule has 0 spiro atoms. The van der Waals surface area contributed by atoms with Gasteiger partial charge in [-0.3, -0.25) is 4.98 Å². The van der Waals surface area contributed by atoms with Crippen LogP contribution in [0.2, 0.25) is 0 Å². The van der Waals surface area contributed by atoms with Crippen LogP contribution in [0.5, 0.6) is 0 Å². The van der Waals surface area contributed by atoms with Crippen LogP contribution in [0, 0.1) is 0 Å². The van der Waals surface area contributed by atoms with Crippen molar-refractivity contribution in [3.05, 3.63) is 30.1 Å². The van der Waals surface area contributed by atoms with Crippen molar-refractivity contribution >= 4 is 19.7 Å². The highest BCUT2D eigenvalue weighted by atomic mass is 32.3. The Morgan fingerprint density at radius 3 is 1.57 bits per heavy atom. The van der Waals surface area contributed by atoms with E-state index in [0.717, 1.165) is 12.1 Å². The van der Waals surface area contributed by atoms with Crippen molar-refractivity contribution in [3.8, 4) is 0 Å². The summed E-state index contributed by atoms with van der Waals surface area (Å²) in [7, 11) is -13.4. The second kappa shape index (κ2) is 5.12. The highest BCUT2D eigenvalue weighted by Crippen LogP contribution is 2.43. The molecule has 13 heteroatoms. The molecule has 0 aliphatic carbocycles. The maximum atomic E-state index is 12.4. The molecule has 5 nitrogen and oxygen atoms in total. The number of nitrogens with zero attached hydrogens (tertiary/aromatic N) is 1. The average Bonchev–Trinajstić information content (AvgIpc) is 2.26. The van der Waals surface area contributed by atoms with Gasteiger partial charge in [0.25, 0.3) is 19.7 Å². The van der Waals surface area contributed by atoms with Gasteiger partial charge in [-0.1, -0.05) is 6.07 Å². The highest BCUT2D eigenvalue weighted by Gasteiger charge is 2.64. The number of pyridine rings is 1. The van der Waals surface area contributed by atoms with Gasteiger partial charge in [-0.05, 0) is 12.1 Å². The van der Waals surface area contributed by atoms with Crippen molar-refractivity contribution in [3.63, 3.8) is 0 Å². The fourth-order valence-electron chi connectivity index (χ4n) is 1.24. The van der Waals surface area contributed by atoms with E-state index in [9.17, 15) is 43.2 Å². The van der Waals surface area contributed by atoms with Crippen LogP contribution >= 0.6 is 0 Å². The average molecular weight is 357 g/mol. The lowest BCUT2D eigenvalue weighted by Gasteiger charge is -2.20. The molecule has 120 valence electrons. The van der Waals surface area contributed by atoms with Crippen molar-refractivity contribution in [2.45, 2.75) is 15.6 Å². The second-order valence-corrected chi connectivity index (χ2v) is 7.92. The number of hydrogen-bond donors (Lipinski definition) is 0. The Labute approximate surface area is 114 Å². The first kappa shape index (κ1) is 17.7. The molecule has 0 fully saturated rings. The fourth-order valence-corrected chi connectivity index (χ4v) is 4.63. The van der Waals surface area contributed by atoms with Gasteiger partial charge < -0.3 is 0 Å². The molecule has 0 bridgehead atoms. The molecule has 1 rings (SSSR count). The molecule has 1 aromatic rings. The van der Waals surface area contributed by atoms with Gasteiger partial charge in [-0.2, -0.15) is 26.3 Å². The van der Waals surface area contributed by atoms with Gasteiger partial charge in [0.2, 0.25) is 4.58 Å². The predicted octanol–water partition coefficient (Wildman–Crippen LogP) is 1.95. The normalized spacial score (nSPS) is 14.4. The van der Waals surface area contributed by atoms with Crippen molar-refractivity contribution in [1.29, 1.82) is 0 Å².